The fourth-order valence-corrected chi connectivity index (χ4v) is 2.65. The van der Waals surface area contributed by atoms with Crippen LogP contribution in [0, 0.1) is 5.92 Å². The molecule has 2 fully saturated rings. The van der Waals surface area contributed by atoms with Crippen LogP contribution < -0.4 is 10.6 Å². The Morgan fingerprint density at radius 2 is 2.31 bits per heavy atom. The lowest BCUT2D eigenvalue weighted by molar-refractivity contribution is -0.126. The molecule has 16 heavy (non-hydrogen) atoms. The molecule has 0 saturated carbocycles. The first-order chi connectivity index (χ1) is 7.52. The highest BCUT2D eigenvalue weighted by Crippen LogP contribution is 2.33. The van der Waals surface area contributed by atoms with Gasteiger partial charge in [-0.15, -0.1) is 0 Å². The molecule has 0 aromatic heterocycles. The summed E-state index contributed by atoms with van der Waals surface area (Å²) in [6, 6.07) is 0.920. The lowest BCUT2D eigenvalue weighted by Gasteiger charge is -2.24. The minimum absolute atomic E-state index is 0.105. The molecular formula is C12H22N2O2. The number of aliphatic hydroxyl groups is 1. The van der Waals surface area contributed by atoms with Crippen molar-refractivity contribution in [3.05, 3.63) is 0 Å². The van der Waals surface area contributed by atoms with E-state index in [0.29, 0.717) is 25.0 Å². The SMILES string of the molecule is CCC(C)(O)CNC(=O)C1CC2CCC1N2. The highest BCUT2D eigenvalue weighted by molar-refractivity contribution is 5.80. The van der Waals surface area contributed by atoms with Gasteiger partial charge in [0.25, 0.3) is 0 Å². The van der Waals surface area contributed by atoms with Crippen LogP contribution in [-0.4, -0.2) is 35.2 Å². The number of hydrogen-bond acceptors (Lipinski definition) is 3. The number of amides is 1. The first kappa shape index (κ1) is 11.9. The number of rotatable bonds is 4. The first-order valence-corrected chi connectivity index (χ1v) is 6.28. The van der Waals surface area contributed by atoms with E-state index in [9.17, 15) is 9.90 Å². The van der Waals surface area contributed by atoms with Crippen LogP contribution in [0.3, 0.4) is 0 Å². The van der Waals surface area contributed by atoms with Crippen molar-refractivity contribution in [3.8, 4) is 0 Å². The summed E-state index contributed by atoms with van der Waals surface area (Å²) >= 11 is 0. The lowest BCUT2D eigenvalue weighted by atomic mass is 9.88. The van der Waals surface area contributed by atoms with E-state index in [1.807, 2.05) is 6.92 Å². The van der Waals surface area contributed by atoms with Gasteiger partial charge in [-0.2, -0.15) is 0 Å². The van der Waals surface area contributed by atoms with Crippen LogP contribution in [0.5, 0.6) is 0 Å². The van der Waals surface area contributed by atoms with Crippen molar-refractivity contribution in [1.29, 1.82) is 0 Å². The summed E-state index contributed by atoms with van der Waals surface area (Å²) in [5, 5.41) is 16.1. The molecule has 4 nitrogen and oxygen atoms in total. The van der Waals surface area contributed by atoms with E-state index in [1.54, 1.807) is 6.92 Å². The molecule has 2 aliphatic rings. The second-order valence-electron chi connectivity index (χ2n) is 5.46. The average Bonchev–Trinajstić information content (AvgIpc) is 2.87. The van der Waals surface area contributed by atoms with Crippen molar-refractivity contribution in [3.63, 3.8) is 0 Å². The molecule has 92 valence electrons. The van der Waals surface area contributed by atoms with Crippen LogP contribution in [0.25, 0.3) is 0 Å². The van der Waals surface area contributed by atoms with Crippen LogP contribution in [0.1, 0.15) is 39.5 Å². The summed E-state index contributed by atoms with van der Waals surface area (Å²) in [6.07, 6.45) is 3.95. The van der Waals surface area contributed by atoms with Gasteiger partial charge in [-0.1, -0.05) is 6.92 Å². The van der Waals surface area contributed by atoms with E-state index >= 15 is 0 Å². The van der Waals surface area contributed by atoms with Gasteiger partial charge in [0.15, 0.2) is 0 Å². The zero-order chi connectivity index (χ0) is 11.8. The first-order valence-electron chi connectivity index (χ1n) is 6.28. The summed E-state index contributed by atoms with van der Waals surface area (Å²) in [5.41, 5.74) is -0.777. The highest BCUT2D eigenvalue weighted by Gasteiger charge is 2.42. The summed E-state index contributed by atoms with van der Waals surface area (Å²) in [6.45, 7) is 4.04. The third kappa shape index (κ3) is 2.38. The fraction of sp³-hybridized carbons (Fsp3) is 0.917. The van der Waals surface area contributed by atoms with E-state index in [2.05, 4.69) is 10.6 Å². The third-order valence-corrected chi connectivity index (χ3v) is 4.04. The molecule has 0 aromatic rings. The molecule has 0 aliphatic carbocycles. The van der Waals surface area contributed by atoms with E-state index in [0.717, 1.165) is 12.8 Å². The maximum Gasteiger partial charge on any atom is 0.224 e. The van der Waals surface area contributed by atoms with Gasteiger partial charge in [0.05, 0.1) is 11.5 Å². The Labute approximate surface area is 96.8 Å². The Kier molecular flexibility index (Phi) is 3.22. The molecule has 3 N–H and O–H groups in total. The van der Waals surface area contributed by atoms with E-state index in [4.69, 9.17) is 0 Å². The predicted octanol–water partition coefficient (Wildman–Crippen LogP) is 0.404. The van der Waals surface area contributed by atoms with Crippen LogP contribution in [0.15, 0.2) is 0 Å². The molecule has 0 aromatic carbocycles. The zero-order valence-electron chi connectivity index (χ0n) is 10.1. The van der Waals surface area contributed by atoms with E-state index in [-0.39, 0.29) is 11.8 Å². The molecule has 4 atom stereocenters. The third-order valence-electron chi connectivity index (χ3n) is 4.04. The largest absolute Gasteiger partial charge is 0.388 e. The second-order valence-corrected chi connectivity index (χ2v) is 5.46. The molecule has 2 rings (SSSR count). The smallest absolute Gasteiger partial charge is 0.224 e. The Bertz CT molecular complexity index is 278. The quantitative estimate of drug-likeness (QED) is 0.650. The van der Waals surface area contributed by atoms with Crippen LogP contribution >= 0.6 is 0 Å². The topological polar surface area (TPSA) is 61.4 Å². The Balaban J connectivity index is 1.81. The van der Waals surface area contributed by atoms with Crippen molar-refractivity contribution >= 4 is 5.91 Å². The number of carbonyl (C=O) groups is 1. The predicted molar refractivity (Wildman–Crippen MR) is 62.0 cm³/mol. The minimum atomic E-state index is -0.777. The van der Waals surface area contributed by atoms with E-state index < -0.39 is 5.60 Å². The average molecular weight is 226 g/mol. The van der Waals surface area contributed by atoms with Gasteiger partial charge in [0.1, 0.15) is 0 Å². The van der Waals surface area contributed by atoms with Crippen molar-refractivity contribution < 1.29 is 9.90 Å². The number of hydrogen-bond donors (Lipinski definition) is 3. The normalized spacial score (nSPS) is 36.1. The highest BCUT2D eigenvalue weighted by atomic mass is 16.3. The maximum absolute atomic E-state index is 11.9. The Morgan fingerprint density at radius 3 is 2.81 bits per heavy atom. The summed E-state index contributed by atoms with van der Waals surface area (Å²) in [5.74, 6) is 0.222. The van der Waals surface area contributed by atoms with Crippen LogP contribution in [0.4, 0.5) is 0 Å². The number of fused-ring (bicyclic) bond motifs is 2. The van der Waals surface area contributed by atoms with E-state index in [1.165, 1.54) is 6.42 Å². The maximum atomic E-state index is 11.9. The van der Waals surface area contributed by atoms with Crippen LogP contribution in [0.2, 0.25) is 0 Å². The molecule has 2 bridgehead atoms. The molecule has 4 heteroatoms. The standard InChI is InChI=1S/C12H22N2O2/c1-3-12(2,16)7-13-11(15)9-6-8-4-5-10(9)14-8/h8-10,14,16H,3-7H2,1-2H3,(H,13,15). The van der Waals surface area contributed by atoms with Gasteiger partial charge < -0.3 is 15.7 Å². The number of carbonyl (C=O) groups excluding carboxylic acids is 1. The van der Waals surface area contributed by atoms with Crippen molar-refractivity contribution in [2.75, 3.05) is 6.54 Å². The van der Waals surface area contributed by atoms with Crippen LogP contribution in [-0.2, 0) is 4.79 Å². The minimum Gasteiger partial charge on any atom is -0.388 e. The van der Waals surface area contributed by atoms with Crippen molar-refractivity contribution in [1.82, 2.24) is 10.6 Å². The molecule has 2 saturated heterocycles. The van der Waals surface area contributed by atoms with Gasteiger partial charge in [0, 0.05) is 18.6 Å². The second kappa shape index (κ2) is 4.34. The van der Waals surface area contributed by atoms with Gasteiger partial charge in [0.2, 0.25) is 5.91 Å². The summed E-state index contributed by atoms with van der Waals surface area (Å²) in [4.78, 5) is 11.9. The monoisotopic (exact) mass is 226 g/mol. The number of nitrogens with one attached hydrogen (secondary N) is 2. The van der Waals surface area contributed by atoms with Gasteiger partial charge in [-0.05, 0) is 32.6 Å². The van der Waals surface area contributed by atoms with Crippen molar-refractivity contribution in [2.45, 2.75) is 57.2 Å². The molecule has 2 aliphatic heterocycles. The van der Waals surface area contributed by atoms with Crippen molar-refractivity contribution in [2.24, 2.45) is 5.92 Å². The Hall–Kier alpha value is -0.610. The Morgan fingerprint density at radius 1 is 1.56 bits per heavy atom. The summed E-state index contributed by atoms with van der Waals surface area (Å²) in [7, 11) is 0. The molecule has 2 heterocycles. The van der Waals surface area contributed by atoms with Gasteiger partial charge in [-0.3, -0.25) is 4.79 Å². The lowest BCUT2D eigenvalue weighted by Crippen LogP contribution is -2.44. The molecular weight excluding hydrogens is 204 g/mol. The fourth-order valence-electron chi connectivity index (χ4n) is 2.65. The summed E-state index contributed by atoms with van der Waals surface area (Å²) < 4.78 is 0. The zero-order valence-corrected chi connectivity index (χ0v) is 10.1. The molecule has 4 unspecified atom stereocenters. The molecule has 0 spiro atoms. The molecule has 1 amide bonds. The van der Waals surface area contributed by atoms with Gasteiger partial charge >= 0.3 is 0 Å². The molecule has 0 radical (unpaired) electrons. The van der Waals surface area contributed by atoms with Gasteiger partial charge in [-0.25, -0.2) is 0 Å².